The van der Waals surface area contributed by atoms with Crippen molar-refractivity contribution in [2.24, 2.45) is 0 Å². The van der Waals surface area contributed by atoms with Crippen LogP contribution in [0.4, 0.5) is 0 Å². The number of thioether (sulfide) groups is 1. The van der Waals surface area contributed by atoms with E-state index in [0.29, 0.717) is 22.9 Å². The van der Waals surface area contributed by atoms with Crippen LogP contribution < -0.4 is 15.2 Å². The van der Waals surface area contributed by atoms with Crippen molar-refractivity contribution in [3.8, 4) is 5.75 Å². The topological polar surface area (TPSA) is 78.5 Å². The van der Waals surface area contributed by atoms with E-state index in [-0.39, 0.29) is 6.61 Å². The molecule has 0 saturated carbocycles. The monoisotopic (exact) mass is 330 g/mol. The van der Waals surface area contributed by atoms with E-state index in [1.807, 2.05) is 13.2 Å². The van der Waals surface area contributed by atoms with E-state index < -0.39 is 17.9 Å². The first-order valence-corrected chi connectivity index (χ1v) is 8.09. The van der Waals surface area contributed by atoms with Crippen LogP contribution >= 0.6 is 23.4 Å². The number of amides is 1. The Morgan fingerprint density at radius 3 is 2.76 bits per heavy atom. The molecule has 0 aliphatic rings. The average molecular weight is 331 g/mol. The minimum Gasteiger partial charge on any atom is -0.548 e. The van der Waals surface area contributed by atoms with Crippen LogP contribution in [-0.4, -0.2) is 36.5 Å². The molecule has 0 saturated heterocycles. The number of halogens is 1. The number of hydrogen-bond acceptors (Lipinski definition) is 5. The summed E-state index contributed by atoms with van der Waals surface area (Å²) in [7, 11) is 0. The number of nitrogens with one attached hydrogen (secondary N) is 1. The molecular weight excluding hydrogens is 314 g/mol. The van der Waals surface area contributed by atoms with Gasteiger partial charge < -0.3 is 20.0 Å². The zero-order chi connectivity index (χ0) is 15.8. The van der Waals surface area contributed by atoms with Gasteiger partial charge in [0.25, 0.3) is 5.91 Å². The van der Waals surface area contributed by atoms with Crippen LogP contribution in [0.5, 0.6) is 5.75 Å². The predicted molar refractivity (Wildman–Crippen MR) is 81.6 cm³/mol. The molecule has 0 aliphatic carbocycles. The maximum atomic E-state index is 11.7. The standard InChI is InChI=1S/C14H18ClNO4S/c1-9-7-10(15)3-4-12(9)20-8-13(17)16-11(14(18)19)5-6-21-2/h3-4,7,11H,5-6,8H2,1-2H3,(H,16,17)(H,18,19)/p-1/t11-/m0/s1. The second kappa shape index (κ2) is 8.79. The van der Waals surface area contributed by atoms with E-state index in [1.54, 1.807) is 18.2 Å². The van der Waals surface area contributed by atoms with Crippen molar-refractivity contribution in [3.05, 3.63) is 28.8 Å². The van der Waals surface area contributed by atoms with Gasteiger partial charge in [0.05, 0.1) is 12.0 Å². The summed E-state index contributed by atoms with van der Waals surface area (Å²) in [6, 6.07) is 4.04. The molecule has 0 heterocycles. The van der Waals surface area contributed by atoms with Crippen molar-refractivity contribution in [2.45, 2.75) is 19.4 Å². The number of benzene rings is 1. The molecule has 0 aromatic heterocycles. The molecule has 116 valence electrons. The van der Waals surface area contributed by atoms with Crippen LogP contribution in [0.3, 0.4) is 0 Å². The van der Waals surface area contributed by atoms with Gasteiger partial charge in [-0.05, 0) is 49.1 Å². The Morgan fingerprint density at radius 2 is 2.19 bits per heavy atom. The lowest BCUT2D eigenvalue weighted by atomic mass is 10.2. The first-order chi connectivity index (χ1) is 9.93. The summed E-state index contributed by atoms with van der Waals surface area (Å²) in [5.41, 5.74) is 0.800. The molecule has 21 heavy (non-hydrogen) atoms. The lowest BCUT2D eigenvalue weighted by Crippen LogP contribution is -2.49. The van der Waals surface area contributed by atoms with Crippen molar-refractivity contribution < 1.29 is 19.4 Å². The van der Waals surface area contributed by atoms with E-state index in [9.17, 15) is 14.7 Å². The highest BCUT2D eigenvalue weighted by Crippen LogP contribution is 2.21. The van der Waals surface area contributed by atoms with Crippen molar-refractivity contribution in [1.82, 2.24) is 5.32 Å². The van der Waals surface area contributed by atoms with Gasteiger partial charge in [-0.2, -0.15) is 11.8 Å². The van der Waals surface area contributed by atoms with Crippen molar-refractivity contribution >= 4 is 35.2 Å². The van der Waals surface area contributed by atoms with Crippen LogP contribution in [0.2, 0.25) is 5.02 Å². The van der Waals surface area contributed by atoms with Crippen LogP contribution in [0, 0.1) is 6.92 Å². The number of carboxylic acids is 1. The summed E-state index contributed by atoms with van der Waals surface area (Å²) in [5, 5.41) is 13.9. The molecule has 0 spiro atoms. The summed E-state index contributed by atoms with van der Waals surface area (Å²) in [5.74, 6) is -0.640. The van der Waals surface area contributed by atoms with Crippen LogP contribution in [-0.2, 0) is 9.59 Å². The van der Waals surface area contributed by atoms with Crippen LogP contribution in [0.1, 0.15) is 12.0 Å². The van der Waals surface area contributed by atoms with E-state index in [4.69, 9.17) is 16.3 Å². The minimum absolute atomic E-state index is 0.258. The van der Waals surface area contributed by atoms with Crippen molar-refractivity contribution in [2.75, 3.05) is 18.6 Å². The Morgan fingerprint density at radius 1 is 1.48 bits per heavy atom. The number of rotatable bonds is 8. The van der Waals surface area contributed by atoms with Gasteiger partial charge >= 0.3 is 0 Å². The average Bonchev–Trinajstić information content (AvgIpc) is 2.42. The summed E-state index contributed by atoms with van der Waals surface area (Å²) < 4.78 is 5.35. The highest BCUT2D eigenvalue weighted by atomic mass is 35.5. The molecule has 1 amide bonds. The highest BCUT2D eigenvalue weighted by Gasteiger charge is 2.14. The first kappa shape index (κ1) is 17.7. The molecule has 0 aliphatic heterocycles. The maximum Gasteiger partial charge on any atom is 0.258 e. The van der Waals surface area contributed by atoms with Gasteiger partial charge in [-0.15, -0.1) is 0 Å². The number of aliphatic carboxylic acids is 1. The smallest absolute Gasteiger partial charge is 0.258 e. The second-order valence-corrected chi connectivity index (χ2v) is 5.84. The van der Waals surface area contributed by atoms with Gasteiger partial charge in [-0.1, -0.05) is 11.6 Å². The lowest BCUT2D eigenvalue weighted by molar-refractivity contribution is -0.308. The fourth-order valence-electron chi connectivity index (χ4n) is 1.64. The Kier molecular flexibility index (Phi) is 7.39. The lowest BCUT2D eigenvalue weighted by Gasteiger charge is -2.19. The molecule has 1 aromatic carbocycles. The molecular formula is C14H17ClNO4S-. The number of carboxylic acid groups (broad SMARTS) is 1. The molecule has 1 atom stereocenters. The second-order valence-electron chi connectivity index (χ2n) is 4.42. The number of ether oxygens (including phenoxy) is 1. The maximum absolute atomic E-state index is 11.7. The first-order valence-electron chi connectivity index (χ1n) is 6.32. The number of aryl methyl sites for hydroxylation is 1. The third kappa shape index (κ3) is 6.27. The van der Waals surface area contributed by atoms with Crippen LogP contribution in [0.25, 0.3) is 0 Å². The van der Waals surface area contributed by atoms with Gasteiger partial charge in [-0.3, -0.25) is 4.79 Å². The summed E-state index contributed by atoms with van der Waals surface area (Å²) in [6.07, 6.45) is 2.18. The molecule has 1 rings (SSSR count). The quantitative estimate of drug-likeness (QED) is 0.769. The number of carbonyl (C=O) groups excluding carboxylic acids is 2. The molecule has 7 heteroatoms. The molecule has 0 fully saturated rings. The third-order valence-corrected chi connectivity index (χ3v) is 3.61. The normalized spacial score (nSPS) is 11.8. The molecule has 0 unspecified atom stereocenters. The fraction of sp³-hybridized carbons (Fsp3) is 0.429. The summed E-state index contributed by atoms with van der Waals surface area (Å²) in [4.78, 5) is 22.6. The molecule has 0 radical (unpaired) electrons. The largest absolute Gasteiger partial charge is 0.548 e. The van der Waals surface area contributed by atoms with E-state index >= 15 is 0 Å². The highest BCUT2D eigenvalue weighted by molar-refractivity contribution is 7.98. The fourth-order valence-corrected chi connectivity index (χ4v) is 2.34. The Labute approximate surface area is 133 Å². The van der Waals surface area contributed by atoms with Gasteiger partial charge in [0.1, 0.15) is 5.75 Å². The van der Waals surface area contributed by atoms with Gasteiger partial charge in [0, 0.05) is 5.02 Å². The van der Waals surface area contributed by atoms with Crippen molar-refractivity contribution in [1.29, 1.82) is 0 Å². The SMILES string of the molecule is CSCC[C@H](NC(=O)COc1ccc(Cl)cc1C)C(=O)[O-]. The zero-order valence-corrected chi connectivity index (χ0v) is 13.4. The molecule has 5 nitrogen and oxygen atoms in total. The molecule has 1 N–H and O–H groups in total. The van der Waals surface area contributed by atoms with E-state index in [1.165, 1.54) is 11.8 Å². The number of carbonyl (C=O) groups is 2. The van der Waals surface area contributed by atoms with Gasteiger partial charge in [-0.25, -0.2) is 0 Å². The minimum atomic E-state index is -1.29. The Bertz CT molecular complexity index is 510. The zero-order valence-electron chi connectivity index (χ0n) is 11.8. The Hall–Kier alpha value is -1.40. The van der Waals surface area contributed by atoms with Gasteiger partial charge in [0.2, 0.25) is 0 Å². The van der Waals surface area contributed by atoms with Crippen LogP contribution in [0.15, 0.2) is 18.2 Å². The summed E-state index contributed by atoms with van der Waals surface area (Å²) >= 11 is 7.32. The summed E-state index contributed by atoms with van der Waals surface area (Å²) in [6.45, 7) is 1.55. The molecule has 1 aromatic rings. The Balaban J connectivity index is 2.50. The van der Waals surface area contributed by atoms with E-state index in [2.05, 4.69) is 5.32 Å². The van der Waals surface area contributed by atoms with E-state index in [0.717, 1.165) is 5.56 Å². The van der Waals surface area contributed by atoms with Crippen molar-refractivity contribution in [3.63, 3.8) is 0 Å². The third-order valence-electron chi connectivity index (χ3n) is 2.73. The molecule has 0 bridgehead atoms. The number of hydrogen-bond donors (Lipinski definition) is 1. The van der Waals surface area contributed by atoms with Gasteiger partial charge in [0.15, 0.2) is 6.61 Å². The predicted octanol–water partition coefficient (Wildman–Crippen LogP) is 1.02.